The number of fused-ring (bicyclic) bond motifs is 1. The second kappa shape index (κ2) is 10.7. The Morgan fingerprint density at radius 2 is 1.78 bits per heavy atom. The van der Waals surface area contributed by atoms with E-state index in [1.54, 1.807) is 12.1 Å². The molecule has 2 N–H and O–H groups in total. The van der Waals surface area contributed by atoms with Crippen LogP contribution in [0.15, 0.2) is 47.4 Å². The molecule has 11 heteroatoms. The van der Waals surface area contributed by atoms with Gasteiger partial charge in [-0.05, 0) is 67.1 Å². The summed E-state index contributed by atoms with van der Waals surface area (Å²) in [6, 6.07) is 10.4. The maximum atomic E-state index is 14.4. The molecule has 4 rings (SSSR count). The van der Waals surface area contributed by atoms with E-state index in [1.807, 2.05) is 13.8 Å². The predicted octanol–water partition coefficient (Wildman–Crippen LogP) is 5.36. The number of benzene rings is 2. The molecule has 1 saturated heterocycles. The summed E-state index contributed by atoms with van der Waals surface area (Å²) in [4.78, 5) is 16.1. The summed E-state index contributed by atoms with van der Waals surface area (Å²) < 4.78 is 64.2. The highest BCUT2D eigenvalue weighted by Gasteiger charge is 2.33. The first-order chi connectivity index (χ1) is 17.4. The van der Waals surface area contributed by atoms with Crippen molar-refractivity contribution in [2.45, 2.75) is 57.4 Å². The number of aromatic nitrogens is 2. The number of imidazole rings is 1. The Kier molecular flexibility index (Phi) is 7.84. The van der Waals surface area contributed by atoms with Crippen molar-refractivity contribution in [2.24, 2.45) is 11.8 Å². The molecule has 2 heterocycles. The van der Waals surface area contributed by atoms with Gasteiger partial charge in [0.15, 0.2) is 5.82 Å². The summed E-state index contributed by atoms with van der Waals surface area (Å²) >= 11 is 0. The highest BCUT2D eigenvalue weighted by Crippen LogP contribution is 2.33. The molecule has 37 heavy (non-hydrogen) atoms. The monoisotopic (exact) mass is 534 g/mol. The summed E-state index contributed by atoms with van der Waals surface area (Å²) in [6.45, 7) is 6.28. The van der Waals surface area contributed by atoms with Gasteiger partial charge >= 0.3 is 5.92 Å². The number of halogens is 2. The highest BCUT2D eigenvalue weighted by molar-refractivity contribution is 7.92. The molecule has 0 saturated carbocycles. The quantitative estimate of drug-likeness (QED) is 0.385. The van der Waals surface area contributed by atoms with Gasteiger partial charge in [0.1, 0.15) is 0 Å². The number of anilines is 2. The lowest BCUT2D eigenvalue weighted by Gasteiger charge is -2.24. The maximum absolute atomic E-state index is 14.4. The summed E-state index contributed by atoms with van der Waals surface area (Å²) in [5.74, 6) is -3.25. The largest absolute Gasteiger partial charge is 0.381 e. The normalized spacial score (nSPS) is 15.3. The minimum absolute atomic E-state index is 0.000262. The molecule has 2 aromatic carbocycles. The molecule has 0 spiro atoms. The minimum atomic E-state index is -3.96. The van der Waals surface area contributed by atoms with Crippen LogP contribution in [0.1, 0.15) is 45.9 Å². The molecule has 1 aromatic heterocycles. The zero-order valence-corrected chi connectivity index (χ0v) is 21.9. The molecule has 0 radical (unpaired) electrons. The number of sulfonamides is 1. The van der Waals surface area contributed by atoms with Gasteiger partial charge in [0.2, 0.25) is 5.91 Å². The van der Waals surface area contributed by atoms with Gasteiger partial charge < -0.3 is 14.6 Å². The number of rotatable bonds is 9. The van der Waals surface area contributed by atoms with Crippen molar-refractivity contribution in [2.75, 3.05) is 23.3 Å². The third kappa shape index (κ3) is 6.64. The molecule has 0 bridgehead atoms. The topological polar surface area (TPSA) is 102 Å². The van der Waals surface area contributed by atoms with Gasteiger partial charge in [0, 0.05) is 38.8 Å². The van der Waals surface area contributed by atoms with Crippen LogP contribution in [0, 0.1) is 11.8 Å². The van der Waals surface area contributed by atoms with Crippen molar-refractivity contribution in [3.63, 3.8) is 0 Å². The molecule has 1 aliphatic rings. The van der Waals surface area contributed by atoms with Crippen LogP contribution in [0.2, 0.25) is 0 Å². The van der Waals surface area contributed by atoms with Gasteiger partial charge in [-0.2, -0.15) is 8.78 Å². The number of carbonyl (C=O) groups is 1. The van der Waals surface area contributed by atoms with Crippen LogP contribution in [0.25, 0.3) is 11.0 Å². The number of amides is 1. The summed E-state index contributed by atoms with van der Waals surface area (Å²) in [7, 11) is -3.96. The van der Waals surface area contributed by atoms with Crippen LogP contribution < -0.4 is 10.0 Å². The van der Waals surface area contributed by atoms with Crippen LogP contribution in [0.5, 0.6) is 0 Å². The maximum Gasteiger partial charge on any atom is 0.302 e. The zero-order chi connectivity index (χ0) is 26.8. The molecule has 1 aliphatic heterocycles. The van der Waals surface area contributed by atoms with E-state index in [0.717, 1.165) is 19.8 Å². The first-order valence-corrected chi connectivity index (χ1v) is 13.8. The van der Waals surface area contributed by atoms with Gasteiger partial charge in [-0.15, -0.1) is 0 Å². The third-order valence-corrected chi connectivity index (χ3v) is 7.61. The first kappa shape index (κ1) is 27.0. The molecular formula is C26H32F2N4O4S. The zero-order valence-electron chi connectivity index (χ0n) is 21.1. The Hall–Kier alpha value is -3.05. The molecule has 200 valence electrons. The van der Waals surface area contributed by atoms with Gasteiger partial charge in [0.25, 0.3) is 10.0 Å². The van der Waals surface area contributed by atoms with E-state index < -0.39 is 15.9 Å². The number of carbonyl (C=O) groups excluding carboxylic acids is 1. The number of ether oxygens (including phenoxy) is 1. The van der Waals surface area contributed by atoms with Crippen LogP contribution in [-0.4, -0.2) is 37.1 Å². The number of hydrogen-bond donors (Lipinski definition) is 2. The Labute approximate surface area is 215 Å². The van der Waals surface area contributed by atoms with Crippen LogP contribution in [0.3, 0.4) is 0 Å². The fourth-order valence-corrected chi connectivity index (χ4v) is 5.46. The van der Waals surface area contributed by atoms with Crippen LogP contribution >= 0.6 is 0 Å². The van der Waals surface area contributed by atoms with Crippen molar-refractivity contribution in [3.05, 3.63) is 48.3 Å². The molecule has 1 amide bonds. The van der Waals surface area contributed by atoms with Crippen LogP contribution in [0.4, 0.5) is 20.2 Å². The molecule has 1 fully saturated rings. The molecule has 0 atom stereocenters. The Morgan fingerprint density at radius 3 is 2.41 bits per heavy atom. The summed E-state index contributed by atoms with van der Waals surface area (Å²) in [6.07, 6.45) is 1.93. The lowest BCUT2D eigenvalue weighted by atomic mass is 10.00. The molecular weight excluding hydrogens is 502 g/mol. The third-order valence-electron chi connectivity index (χ3n) is 6.22. The van der Waals surface area contributed by atoms with E-state index in [-0.39, 0.29) is 39.7 Å². The van der Waals surface area contributed by atoms with Gasteiger partial charge in [0.05, 0.1) is 21.6 Å². The smallest absolute Gasteiger partial charge is 0.302 e. The Morgan fingerprint density at radius 1 is 1.14 bits per heavy atom. The number of nitrogens with one attached hydrogen (secondary N) is 2. The second-order valence-corrected chi connectivity index (χ2v) is 11.7. The van der Waals surface area contributed by atoms with E-state index in [9.17, 15) is 22.0 Å². The fraction of sp³-hybridized carbons (Fsp3) is 0.462. The van der Waals surface area contributed by atoms with E-state index in [0.29, 0.717) is 37.4 Å². The molecule has 0 aliphatic carbocycles. The SMILES string of the molecule is CC(C)CC(=O)Nc1ccc(S(=O)(=O)Nc2ccc3c(c2)nc(C(C)(F)F)n3CC2CCOCC2)cc1. The minimum Gasteiger partial charge on any atom is -0.381 e. The standard InChI is InChI=1S/C26H32F2N4O4S/c1-17(2)14-24(33)29-19-4-7-21(8-5-19)37(34,35)31-20-6-9-23-22(15-20)30-25(26(3,27)28)32(23)16-18-10-12-36-13-11-18/h4-9,15,17-18,31H,10-14,16H2,1-3H3,(H,29,33). The van der Waals surface area contributed by atoms with E-state index >= 15 is 0 Å². The van der Waals surface area contributed by atoms with E-state index in [1.165, 1.54) is 34.9 Å². The van der Waals surface area contributed by atoms with Crippen molar-refractivity contribution in [3.8, 4) is 0 Å². The van der Waals surface area contributed by atoms with Crippen molar-refractivity contribution in [1.29, 1.82) is 0 Å². The number of nitrogens with zero attached hydrogens (tertiary/aromatic N) is 2. The predicted molar refractivity (Wildman–Crippen MR) is 138 cm³/mol. The molecule has 0 unspecified atom stereocenters. The Balaban J connectivity index is 1.55. The second-order valence-electron chi connectivity index (χ2n) is 9.97. The summed E-state index contributed by atoms with van der Waals surface area (Å²) in [5, 5.41) is 2.74. The van der Waals surface area contributed by atoms with Gasteiger partial charge in [-0.25, -0.2) is 13.4 Å². The first-order valence-electron chi connectivity index (χ1n) is 12.3. The fourth-order valence-electron chi connectivity index (χ4n) is 4.41. The number of alkyl halides is 2. The average Bonchev–Trinajstić information content (AvgIpc) is 3.17. The molecule has 3 aromatic rings. The van der Waals surface area contributed by atoms with Crippen molar-refractivity contribution in [1.82, 2.24) is 9.55 Å². The Bertz CT molecular complexity index is 1360. The van der Waals surface area contributed by atoms with E-state index in [4.69, 9.17) is 4.74 Å². The van der Waals surface area contributed by atoms with Crippen LogP contribution in [-0.2, 0) is 32.0 Å². The van der Waals surface area contributed by atoms with Gasteiger partial charge in [-0.1, -0.05) is 13.8 Å². The lowest BCUT2D eigenvalue weighted by molar-refractivity contribution is -0.116. The van der Waals surface area contributed by atoms with Crippen molar-refractivity contribution >= 4 is 38.3 Å². The summed E-state index contributed by atoms with van der Waals surface area (Å²) in [5.41, 5.74) is 1.51. The number of hydrogen-bond acceptors (Lipinski definition) is 5. The van der Waals surface area contributed by atoms with Gasteiger partial charge in [-0.3, -0.25) is 9.52 Å². The van der Waals surface area contributed by atoms with Crippen molar-refractivity contribution < 1.29 is 26.7 Å². The lowest BCUT2D eigenvalue weighted by Crippen LogP contribution is -2.24. The average molecular weight is 535 g/mol. The highest BCUT2D eigenvalue weighted by atomic mass is 32.2. The van der Waals surface area contributed by atoms with E-state index in [2.05, 4.69) is 15.0 Å². The molecule has 8 nitrogen and oxygen atoms in total.